The number of carbonyl (C=O) groups is 1. The molecule has 210 valence electrons. The highest BCUT2D eigenvalue weighted by Gasteiger charge is 2.30. The van der Waals surface area contributed by atoms with Crippen LogP contribution in [0.4, 0.5) is 0 Å². The first-order valence-electron chi connectivity index (χ1n) is 12.1. The van der Waals surface area contributed by atoms with Crippen LogP contribution in [0, 0.1) is 10.1 Å². The Morgan fingerprint density at radius 2 is 1.88 bits per heavy atom. The largest absolute Gasteiger partial charge is 0.493 e. The van der Waals surface area contributed by atoms with Gasteiger partial charge in [-0.2, -0.15) is 0 Å². The molecule has 3 aromatic rings. The zero-order chi connectivity index (χ0) is 29.0. The predicted octanol–water partition coefficient (Wildman–Crippen LogP) is 5.24. The summed E-state index contributed by atoms with van der Waals surface area (Å²) in [7, 11) is 4.60. The Bertz CT molecular complexity index is 1530. The molecule has 0 unspecified atom stereocenters. The zero-order valence-corrected chi connectivity index (χ0v) is 23.8. The molecule has 0 heterocycles. The quantitative estimate of drug-likeness (QED) is 0.203. The Labute approximate surface area is 239 Å². The molecule has 1 aliphatic carbocycles. The van der Waals surface area contributed by atoms with Crippen molar-refractivity contribution >= 4 is 29.3 Å². The van der Waals surface area contributed by atoms with E-state index in [0.717, 1.165) is 11.1 Å². The van der Waals surface area contributed by atoms with Crippen LogP contribution in [0.2, 0.25) is 5.02 Å². The van der Waals surface area contributed by atoms with Crippen molar-refractivity contribution in [1.29, 1.82) is 0 Å². The van der Waals surface area contributed by atoms with Crippen LogP contribution in [-0.4, -0.2) is 38.6 Å². The lowest BCUT2D eigenvalue weighted by atomic mass is 9.95. The number of methoxy groups -OCH3 is 3. The van der Waals surface area contributed by atoms with E-state index in [9.17, 15) is 19.7 Å². The molecule has 1 N–H and O–H groups in total. The van der Waals surface area contributed by atoms with Crippen LogP contribution in [0.5, 0.6) is 17.2 Å². The number of carbonyl (C=O) groups excluding carboxylic acids is 1. The van der Waals surface area contributed by atoms with Crippen LogP contribution in [0.25, 0.3) is 11.1 Å². The molecule has 1 aliphatic rings. The van der Waals surface area contributed by atoms with E-state index < -0.39 is 23.6 Å². The molecular formula is C28H27ClN2O8S. The minimum absolute atomic E-state index is 0.0444. The fourth-order valence-electron chi connectivity index (χ4n) is 4.84. The van der Waals surface area contributed by atoms with E-state index in [1.165, 1.54) is 32.0 Å². The number of amides is 1. The Balaban J connectivity index is 1.85. The Hall–Kier alpha value is -3.96. The van der Waals surface area contributed by atoms with Gasteiger partial charge in [-0.25, -0.2) is 0 Å². The lowest BCUT2D eigenvalue weighted by molar-refractivity contribution is -0.763. The second kappa shape index (κ2) is 12.5. The van der Waals surface area contributed by atoms with Crippen LogP contribution in [0.1, 0.15) is 39.5 Å². The summed E-state index contributed by atoms with van der Waals surface area (Å²) >= 11 is 7.77. The number of nitrogens with zero attached hydrogens (tertiary/aromatic N) is 1. The predicted molar refractivity (Wildman–Crippen MR) is 151 cm³/mol. The first-order valence-corrected chi connectivity index (χ1v) is 13.7. The van der Waals surface area contributed by atoms with Crippen LogP contribution < -0.4 is 25.0 Å². The maximum Gasteiger partial charge on any atom is 0.294 e. The van der Waals surface area contributed by atoms with Gasteiger partial charge in [0.1, 0.15) is 6.61 Å². The standard InChI is InChI=1S/C28H27ClN2O8S/c1-36-22-12-15-8-10-20(30-28(33)18-7-5-6-16(25(18)29)14-39-31(34)35)19-13-21(32)23(40-4)11-9-17(19)24(15)27(38-3)26(22)37-2/h5-7,9,11-13,20H,8,10,14H2,1-4H3,(H,30,33)/t20-/m0/s1. The minimum atomic E-state index is -0.926. The molecule has 0 spiro atoms. The molecule has 12 heteroatoms. The SMILES string of the molecule is COc1cc2c(c(OC)c1OC)-c1ccc(SC)c(=O)cc1[C@@H](NC(=O)c1cccc(CO[N+](=O)[O-])c1Cl)CC2. The van der Waals surface area contributed by atoms with Crippen LogP contribution in [0.15, 0.2) is 52.2 Å². The van der Waals surface area contributed by atoms with Gasteiger partial charge in [0.15, 0.2) is 16.9 Å². The molecule has 3 aromatic carbocycles. The summed E-state index contributed by atoms with van der Waals surface area (Å²) in [6.45, 7) is -0.398. The van der Waals surface area contributed by atoms with E-state index in [-0.39, 0.29) is 16.0 Å². The lowest BCUT2D eigenvalue weighted by Crippen LogP contribution is -2.29. The molecule has 0 saturated heterocycles. The van der Waals surface area contributed by atoms with Crippen LogP contribution in [-0.2, 0) is 17.9 Å². The van der Waals surface area contributed by atoms with Gasteiger partial charge >= 0.3 is 0 Å². The molecule has 0 bridgehead atoms. The van der Waals surface area contributed by atoms with Crippen molar-refractivity contribution in [2.45, 2.75) is 30.4 Å². The van der Waals surface area contributed by atoms with Crippen LogP contribution in [0.3, 0.4) is 0 Å². The summed E-state index contributed by atoms with van der Waals surface area (Å²) in [6.07, 6.45) is 2.79. The third-order valence-electron chi connectivity index (χ3n) is 6.67. The Morgan fingerprint density at radius 3 is 2.52 bits per heavy atom. The number of thioether (sulfide) groups is 1. The van der Waals surface area contributed by atoms with Gasteiger partial charge < -0.3 is 24.4 Å². The maximum absolute atomic E-state index is 13.5. The van der Waals surface area contributed by atoms with Crippen molar-refractivity contribution in [3.05, 3.63) is 90.1 Å². The lowest BCUT2D eigenvalue weighted by Gasteiger charge is -2.20. The first kappa shape index (κ1) is 29.0. The highest BCUT2D eigenvalue weighted by molar-refractivity contribution is 7.98. The van der Waals surface area contributed by atoms with Gasteiger partial charge in [0.2, 0.25) is 5.75 Å². The molecule has 4 rings (SSSR count). The summed E-state index contributed by atoms with van der Waals surface area (Å²) in [5.41, 5.74) is 3.18. The number of aryl methyl sites for hydroxylation is 1. The monoisotopic (exact) mass is 586 g/mol. The summed E-state index contributed by atoms with van der Waals surface area (Å²) in [4.78, 5) is 42.3. The average Bonchev–Trinajstić information content (AvgIpc) is 3.19. The number of rotatable bonds is 9. The number of nitrogens with one attached hydrogen (secondary N) is 1. The number of fused-ring (bicyclic) bond motifs is 3. The van der Waals surface area contributed by atoms with Crippen molar-refractivity contribution in [2.75, 3.05) is 27.6 Å². The van der Waals surface area contributed by atoms with E-state index in [0.29, 0.717) is 51.7 Å². The highest BCUT2D eigenvalue weighted by atomic mass is 35.5. The van der Waals surface area contributed by atoms with Crippen molar-refractivity contribution in [2.24, 2.45) is 0 Å². The van der Waals surface area contributed by atoms with Crippen molar-refractivity contribution in [1.82, 2.24) is 5.32 Å². The molecular weight excluding hydrogens is 560 g/mol. The fraction of sp³-hybridized carbons (Fsp3) is 0.286. The third kappa shape index (κ3) is 5.66. The molecule has 0 aliphatic heterocycles. The number of ether oxygens (including phenoxy) is 3. The van der Waals surface area contributed by atoms with Crippen molar-refractivity contribution in [3.63, 3.8) is 0 Å². The number of hydrogen-bond acceptors (Lipinski definition) is 9. The molecule has 0 saturated carbocycles. The van der Waals surface area contributed by atoms with Crippen molar-refractivity contribution < 1.29 is 28.9 Å². The number of hydrogen-bond donors (Lipinski definition) is 1. The Kier molecular flexibility index (Phi) is 9.06. The summed E-state index contributed by atoms with van der Waals surface area (Å²) in [5.74, 6) is 0.867. The topological polar surface area (TPSA) is 126 Å². The van der Waals surface area contributed by atoms with Gasteiger partial charge in [-0.05, 0) is 65.6 Å². The van der Waals surface area contributed by atoms with Gasteiger partial charge in [0, 0.05) is 5.56 Å². The summed E-state index contributed by atoms with van der Waals surface area (Å²) in [6, 6.07) is 11.1. The van der Waals surface area contributed by atoms with Gasteiger partial charge in [-0.3, -0.25) is 9.59 Å². The van der Waals surface area contributed by atoms with Crippen molar-refractivity contribution in [3.8, 4) is 28.4 Å². The van der Waals surface area contributed by atoms with Gasteiger partial charge in [-0.15, -0.1) is 21.9 Å². The van der Waals surface area contributed by atoms with E-state index in [2.05, 4.69) is 10.2 Å². The fourth-order valence-corrected chi connectivity index (χ4v) is 5.57. The molecule has 0 aromatic heterocycles. The number of halogens is 1. The summed E-state index contributed by atoms with van der Waals surface area (Å²) in [5, 5.41) is 12.8. The van der Waals surface area contributed by atoms with E-state index in [1.807, 2.05) is 18.4 Å². The first-order chi connectivity index (χ1) is 19.2. The summed E-state index contributed by atoms with van der Waals surface area (Å²) < 4.78 is 17.0. The van der Waals surface area contributed by atoms with Crippen LogP contribution >= 0.6 is 23.4 Å². The molecule has 0 radical (unpaired) electrons. The highest BCUT2D eigenvalue weighted by Crippen LogP contribution is 2.50. The normalized spacial score (nSPS) is 13.8. The second-order valence-corrected chi connectivity index (χ2v) is 10.0. The van der Waals surface area contributed by atoms with E-state index in [1.54, 1.807) is 31.4 Å². The molecule has 0 fully saturated rings. The zero-order valence-electron chi connectivity index (χ0n) is 22.2. The second-order valence-electron chi connectivity index (χ2n) is 8.80. The molecule has 1 amide bonds. The molecule has 10 nitrogen and oxygen atoms in total. The molecule has 40 heavy (non-hydrogen) atoms. The van der Waals surface area contributed by atoms with E-state index >= 15 is 0 Å². The number of benzene rings is 2. The van der Waals surface area contributed by atoms with E-state index in [4.69, 9.17) is 25.8 Å². The third-order valence-corrected chi connectivity index (χ3v) is 7.90. The average molecular weight is 587 g/mol. The van der Waals surface area contributed by atoms with Gasteiger partial charge in [0.25, 0.3) is 11.0 Å². The van der Waals surface area contributed by atoms with Gasteiger partial charge in [-0.1, -0.05) is 29.8 Å². The minimum Gasteiger partial charge on any atom is -0.493 e. The van der Waals surface area contributed by atoms with Gasteiger partial charge in [0.05, 0.1) is 42.9 Å². The maximum atomic E-state index is 13.5. The smallest absolute Gasteiger partial charge is 0.294 e. The molecule has 1 atom stereocenters. The Morgan fingerprint density at radius 1 is 1.12 bits per heavy atom.